The van der Waals surface area contributed by atoms with Gasteiger partial charge >= 0.3 is 6.18 Å². The lowest BCUT2D eigenvalue weighted by molar-refractivity contribution is -0.139. The zero-order chi connectivity index (χ0) is 20.8. The molecule has 1 aliphatic carbocycles. The second-order valence-corrected chi connectivity index (χ2v) is 8.32. The summed E-state index contributed by atoms with van der Waals surface area (Å²) in [4.78, 5) is 3.51. The first-order valence-corrected chi connectivity index (χ1v) is 10.4. The van der Waals surface area contributed by atoms with Crippen LogP contribution in [0.15, 0.2) is 41.4 Å². The van der Waals surface area contributed by atoms with Crippen molar-refractivity contribution in [1.82, 2.24) is 19.3 Å². The molecule has 29 heavy (non-hydrogen) atoms. The van der Waals surface area contributed by atoms with Crippen molar-refractivity contribution in [3.8, 4) is 17.1 Å². The molecular weight excluding hydrogens is 409 g/mol. The summed E-state index contributed by atoms with van der Waals surface area (Å²) in [7, 11) is -4.33. The van der Waals surface area contributed by atoms with E-state index in [1.165, 1.54) is 16.8 Å². The fourth-order valence-electron chi connectivity index (χ4n) is 2.85. The van der Waals surface area contributed by atoms with E-state index in [2.05, 4.69) is 14.8 Å². The molecule has 1 saturated carbocycles. The van der Waals surface area contributed by atoms with Gasteiger partial charge in [-0.2, -0.15) is 13.2 Å². The highest BCUT2D eigenvalue weighted by atomic mass is 32.2. The van der Waals surface area contributed by atoms with Crippen molar-refractivity contribution in [2.24, 2.45) is 0 Å². The Kier molecular flexibility index (Phi) is 4.74. The molecule has 1 fully saturated rings. The normalized spacial score (nSPS) is 15.0. The van der Waals surface area contributed by atoms with Crippen LogP contribution in [0.1, 0.15) is 25.3 Å². The van der Waals surface area contributed by atoms with Crippen LogP contribution in [-0.4, -0.2) is 35.7 Å². The van der Waals surface area contributed by atoms with E-state index in [0.717, 1.165) is 12.1 Å². The number of hydrogen-bond acceptors (Lipinski definition) is 5. The number of imidazole rings is 1. The predicted molar refractivity (Wildman–Crippen MR) is 97.9 cm³/mol. The summed E-state index contributed by atoms with van der Waals surface area (Å²) >= 11 is 0. The second-order valence-electron chi connectivity index (χ2n) is 6.64. The highest BCUT2D eigenvalue weighted by molar-refractivity contribution is 7.89. The molecule has 1 aliphatic rings. The van der Waals surface area contributed by atoms with Gasteiger partial charge in [0, 0.05) is 17.7 Å². The summed E-state index contributed by atoms with van der Waals surface area (Å²) in [5.74, 6) is 0.369. The smallest absolute Gasteiger partial charge is 0.417 e. The van der Waals surface area contributed by atoms with Gasteiger partial charge in [-0.25, -0.2) is 22.6 Å². The molecule has 0 bridgehead atoms. The Morgan fingerprint density at radius 3 is 2.66 bits per heavy atom. The third kappa shape index (κ3) is 4.06. The van der Waals surface area contributed by atoms with Crippen molar-refractivity contribution in [2.45, 2.75) is 36.9 Å². The van der Waals surface area contributed by atoms with Gasteiger partial charge in [0.1, 0.15) is 0 Å². The van der Waals surface area contributed by atoms with E-state index in [9.17, 15) is 21.6 Å². The molecule has 0 amide bonds. The highest BCUT2D eigenvalue weighted by Gasteiger charge is 2.39. The molecule has 2 heterocycles. The van der Waals surface area contributed by atoms with Crippen molar-refractivity contribution in [3.63, 3.8) is 0 Å². The van der Waals surface area contributed by atoms with Crippen LogP contribution in [0.4, 0.5) is 13.2 Å². The minimum absolute atomic E-state index is 0.234. The van der Waals surface area contributed by atoms with Crippen LogP contribution < -0.4 is 9.46 Å². The Morgan fingerprint density at radius 2 is 2.00 bits per heavy atom. The fraction of sp³-hybridized carbons (Fsp3) is 0.333. The monoisotopic (exact) mass is 426 g/mol. The molecule has 1 aromatic carbocycles. The van der Waals surface area contributed by atoms with Crippen molar-refractivity contribution < 1.29 is 26.3 Å². The molecule has 0 saturated heterocycles. The lowest BCUT2D eigenvalue weighted by Gasteiger charge is -2.14. The van der Waals surface area contributed by atoms with E-state index < -0.39 is 26.7 Å². The summed E-state index contributed by atoms with van der Waals surface area (Å²) in [5.41, 5.74) is -0.237. The van der Waals surface area contributed by atoms with Crippen LogP contribution in [0.3, 0.4) is 0 Å². The highest BCUT2D eigenvalue weighted by Crippen LogP contribution is 2.37. The number of ether oxygens (including phenoxy) is 1. The molecule has 0 aliphatic heterocycles. The van der Waals surface area contributed by atoms with E-state index in [1.807, 2.05) is 6.92 Å². The molecule has 3 aromatic rings. The predicted octanol–water partition coefficient (Wildman–Crippen LogP) is 3.25. The van der Waals surface area contributed by atoms with Crippen molar-refractivity contribution in [3.05, 3.63) is 42.1 Å². The molecular formula is C18H17F3N4O3S. The molecule has 4 rings (SSSR count). The third-order valence-electron chi connectivity index (χ3n) is 4.36. The number of sulfonamides is 1. The van der Waals surface area contributed by atoms with Crippen molar-refractivity contribution in [2.75, 3.05) is 6.61 Å². The minimum atomic E-state index is -4.81. The Bertz CT molecular complexity index is 1170. The zero-order valence-corrected chi connectivity index (χ0v) is 16.1. The van der Waals surface area contributed by atoms with E-state index in [4.69, 9.17) is 4.74 Å². The minimum Gasteiger partial charge on any atom is -0.477 e. The van der Waals surface area contributed by atoms with Gasteiger partial charge in [-0.05, 0) is 38.0 Å². The van der Waals surface area contributed by atoms with Gasteiger partial charge in [-0.3, -0.25) is 0 Å². The molecule has 0 atom stereocenters. The van der Waals surface area contributed by atoms with Gasteiger partial charge in [0.15, 0.2) is 5.65 Å². The number of hydrogen-bond donors (Lipinski definition) is 1. The van der Waals surface area contributed by atoms with Gasteiger partial charge in [0.05, 0.1) is 29.0 Å². The van der Waals surface area contributed by atoms with Gasteiger partial charge < -0.3 is 4.74 Å². The number of nitrogens with zero attached hydrogens (tertiary/aromatic N) is 3. The van der Waals surface area contributed by atoms with Crippen LogP contribution in [0.25, 0.3) is 16.9 Å². The molecule has 0 spiro atoms. The topological polar surface area (TPSA) is 85.6 Å². The van der Waals surface area contributed by atoms with Gasteiger partial charge in [-0.1, -0.05) is 6.07 Å². The summed E-state index contributed by atoms with van der Waals surface area (Å²) < 4.78 is 74.4. The first-order chi connectivity index (χ1) is 13.7. The van der Waals surface area contributed by atoms with Crippen LogP contribution in [-0.2, 0) is 16.2 Å². The quantitative estimate of drug-likeness (QED) is 0.654. The maximum atomic E-state index is 13.4. The Labute approximate surface area is 164 Å². The molecule has 0 unspecified atom stereocenters. The summed E-state index contributed by atoms with van der Waals surface area (Å²) in [6.07, 6.45) is -2.08. The van der Waals surface area contributed by atoms with E-state index in [-0.39, 0.29) is 11.6 Å². The first-order valence-electron chi connectivity index (χ1n) is 8.90. The van der Waals surface area contributed by atoms with Gasteiger partial charge in [0.2, 0.25) is 15.9 Å². The summed E-state index contributed by atoms with van der Waals surface area (Å²) in [5, 5.41) is 4.21. The average Bonchev–Trinajstić information content (AvgIpc) is 3.35. The lowest BCUT2D eigenvalue weighted by atomic mass is 10.1. The van der Waals surface area contributed by atoms with Crippen LogP contribution in [0.5, 0.6) is 5.88 Å². The van der Waals surface area contributed by atoms with E-state index in [1.54, 1.807) is 12.1 Å². The second kappa shape index (κ2) is 6.99. The maximum Gasteiger partial charge on any atom is 0.417 e. The number of nitrogens with one attached hydrogen (secondary N) is 1. The molecule has 2 aromatic heterocycles. The zero-order valence-electron chi connectivity index (χ0n) is 15.3. The molecule has 154 valence electrons. The number of fused-ring (bicyclic) bond motifs is 1. The maximum absolute atomic E-state index is 13.4. The molecule has 1 N–H and O–H groups in total. The molecule has 11 heteroatoms. The Morgan fingerprint density at radius 1 is 1.24 bits per heavy atom. The average molecular weight is 426 g/mol. The number of alkyl halides is 3. The fourth-order valence-corrected chi connectivity index (χ4v) is 4.41. The summed E-state index contributed by atoms with van der Waals surface area (Å²) in [6, 6.07) is 5.92. The summed E-state index contributed by atoms with van der Waals surface area (Å²) in [6.45, 7) is 2.24. The number of aromatic nitrogens is 3. The van der Waals surface area contributed by atoms with Crippen LogP contribution in [0.2, 0.25) is 0 Å². The number of rotatable bonds is 6. The van der Waals surface area contributed by atoms with E-state index >= 15 is 0 Å². The SMILES string of the molecule is CCOc1ccc2nc(-c3ccc(C(F)(F)F)c(S(=O)(=O)NC4CC4)c3)cn2n1. The first kappa shape index (κ1) is 19.6. The van der Waals surface area contributed by atoms with Gasteiger partial charge in [0.25, 0.3) is 0 Å². The molecule has 7 nitrogen and oxygen atoms in total. The largest absolute Gasteiger partial charge is 0.477 e. The lowest BCUT2D eigenvalue weighted by Crippen LogP contribution is -2.28. The Hall–Kier alpha value is -2.66. The van der Waals surface area contributed by atoms with Crippen molar-refractivity contribution >= 4 is 15.7 Å². The van der Waals surface area contributed by atoms with Crippen molar-refractivity contribution in [1.29, 1.82) is 0 Å². The standard InChI is InChI=1S/C18H17F3N4O3S/c1-2-28-17-8-7-16-22-14(10-25(16)23-17)11-3-6-13(18(19,20)21)15(9-11)29(26,27)24-12-4-5-12/h3,6-10,12,24H,2,4-5H2,1H3. The van der Waals surface area contributed by atoms with Crippen LogP contribution >= 0.6 is 0 Å². The Balaban J connectivity index is 1.80. The van der Waals surface area contributed by atoms with Crippen LogP contribution in [0, 0.1) is 0 Å². The third-order valence-corrected chi connectivity index (χ3v) is 5.92. The number of halogens is 3. The van der Waals surface area contributed by atoms with E-state index in [0.29, 0.717) is 36.7 Å². The number of benzene rings is 1. The van der Waals surface area contributed by atoms with Gasteiger partial charge in [-0.15, -0.1) is 5.10 Å². The molecule has 0 radical (unpaired) electrons.